The summed E-state index contributed by atoms with van der Waals surface area (Å²) in [6.45, 7) is 4.03. The maximum absolute atomic E-state index is 13.0. The minimum atomic E-state index is -3.80. The average Bonchev–Trinajstić information content (AvgIpc) is 2.87. The molecule has 2 aromatic heterocycles. The summed E-state index contributed by atoms with van der Waals surface area (Å²) in [5.41, 5.74) is 0.478. The van der Waals surface area contributed by atoms with Gasteiger partial charge < -0.3 is 4.52 Å². The predicted octanol–water partition coefficient (Wildman–Crippen LogP) is 2.53. The van der Waals surface area contributed by atoms with Crippen LogP contribution in [-0.2, 0) is 10.0 Å². The Morgan fingerprint density at radius 2 is 1.92 bits per heavy atom. The van der Waals surface area contributed by atoms with Crippen LogP contribution in [0, 0.1) is 5.41 Å². The van der Waals surface area contributed by atoms with Crippen molar-refractivity contribution in [3.05, 3.63) is 35.7 Å². The number of rotatable bonds is 4. The van der Waals surface area contributed by atoms with Gasteiger partial charge in [0.15, 0.2) is 5.82 Å². The Hall–Kier alpha value is -1.94. The van der Waals surface area contributed by atoms with Crippen LogP contribution in [-0.4, -0.2) is 29.5 Å². The molecule has 2 aromatic rings. The Bertz CT molecular complexity index is 948. The van der Waals surface area contributed by atoms with E-state index in [-0.39, 0.29) is 40.9 Å². The fourth-order valence-corrected chi connectivity index (χ4v) is 4.24. The van der Waals surface area contributed by atoms with Crippen molar-refractivity contribution in [2.75, 3.05) is 0 Å². The summed E-state index contributed by atoms with van der Waals surface area (Å²) in [6, 6.07) is 3.04. The summed E-state index contributed by atoms with van der Waals surface area (Å²) in [7, 11) is -3.80. The van der Waals surface area contributed by atoms with E-state index in [2.05, 4.69) is 15.1 Å². The highest BCUT2D eigenvalue weighted by Crippen LogP contribution is 2.69. The van der Waals surface area contributed by atoms with Crippen molar-refractivity contribution in [1.29, 1.82) is 0 Å². The van der Waals surface area contributed by atoms with Crippen molar-refractivity contribution < 1.29 is 21.7 Å². The SMILES string of the molecule is CC1(C)[C@@H](c2ccc(S(N)(=O)=O)cn2)[C@@H]1c1nc(C2CC(F)(F)C2)no1. The standard InChI is InChI=1S/C16H18F2N4O3S/c1-15(2)11(10-4-3-9(7-20-10)26(19,23)24)12(15)14-21-13(22-25-14)8-5-16(17,18)6-8/h3-4,7-8,11-12H,5-6H2,1-2H3,(H2,19,23,24)/t11-,12+/m0/s1. The first kappa shape index (κ1) is 17.5. The van der Waals surface area contributed by atoms with E-state index in [1.54, 1.807) is 6.07 Å². The van der Waals surface area contributed by atoms with E-state index in [0.717, 1.165) is 0 Å². The first-order valence-corrected chi connectivity index (χ1v) is 9.74. The molecule has 0 aromatic carbocycles. The van der Waals surface area contributed by atoms with E-state index in [1.807, 2.05) is 13.8 Å². The Balaban J connectivity index is 1.54. The highest BCUT2D eigenvalue weighted by Gasteiger charge is 2.63. The Labute approximate surface area is 149 Å². The second kappa shape index (κ2) is 5.29. The molecule has 2 aliphatic carbocycles. The lowest BCUT2D eigenvalue weighted by molar-refractivity contribution is -0.0888. The quantitative estimate of drug-likeness (QED) is 0.867. The summed E-state index contributed by atoms with van der Waals surface area (Å²) in [5.74, 6) is -2.41. The van der Waals surface area contributed by atoms with Gasteiger partial charge in [0.1, 0.15) is 4.90 Å². The predicted molar refractivity (Wildman–Crippen MR) is 86.1 cm³/mol. The first-order valence-electron chi connectivity index (χ1n) is 8.19. The van der Waals surface area contributed by atoms with E-state index in [9.17, 15) is 17.2 Å². The van der Waals surface area contributed by atoms with Gasteiger partial charge in [0.05, 0.1) is 5.92 Å². The maximum Gasteiger partial charge on any atom is 0.249 e. The number of hydrogen-bond acceptors (Lipinski definition) is 6. The molecule has 7 nitrogen and oxygen atoms in total. The molecule has 0 spiro atoms. The van der Waals surface area contributed by atoms with E-state index >= 15 is 0 Å². The number of hydrogen-bond donors (Lipinski definition) is 1. The summed E-state index contributed by atoms with van der Waals surface area (Å²) in [4.78, 5) is 8.50. The number of nitrogens with two attached hydrogens (primary N) is 1. The third kappa shape index (κ3) is 2.81. The van der Waals surface area contributed by atoms with Crippen molar-refractivity contribution in [2.45, 2.75) is 55.3 Å². The van der Waals surface area contributed by atoms with Crippen LogP contribution in [0.2, 0.25) is 0 Å². The zero-order chi connectivity index (χ0) is 18.9. The highest BCUT2D eigenvalue weighted by atomic mass is 32.2. The summed E-state index contributed by atoms with van der Waals surface area (Å²) < 4.78 is 54.1. The van der Waals surface area contributed by atoms with Crippen LogP contribution in [0.5, 0.6) is 0 Å². The third-order valence-electron chi connectivity index (χ3n) is 5.41. The van der Waals surface area contributed by atoms with Crippen molar-refractivity contribution in [1.82, 2.24) is 15.1 Å². The van der Waals surface area contributed by atoms with Crippen molar-refractivity contribution in [3.63, 3.8) is 0 Å². The fraction of sp³-hybridized carbons (Fsp3) is 0.562. The molecule has 4 rings (SSSR count). The zero-order valence-corrected chi connectivity index (χ0v) is 15.0. The Morgan fingerprint density at radius 3 is 2.46 bits per heavy atom. The van der Waals surface area contributed by atoms with Crippen LogP contribution in [0.1, 0.15) is 61.9 Å². The molecule has 2 atom stereocenters. The van der Waals surface area contributed by atoms with Crippen molar-refractivity contribution >= 4 is 10.0 Å². The lowest BCUT2D eigenvalue weighted by Gasteiger charge is -2.32. The molecule has 2 fully saturated rings. The van der Waals surface area contributed by atoms with E-state index in [4.69, 9.17) is 9.66 Å². The van der Waals surface area contributed by atoms with Gasteiger partial charge in [-0.05, 0) is 17.5 Å². The van der Waals surface area contributed by atoms with Crippen LogP contribution >= 0.6 is 0 Å². The number of primary sulfonamides is 1. The molecular formula is C16H18F2N4O3S. The average molecular weight is 384 g/mol. The van der Waals surface area contributed by atoms with Gasteiger partial charge in [-0.1, -0.05) is 19.0 Å². The number of sulfonamides is 1. The fourth-order valence-electron chi connectivity index (χ4n) is 3.78. The molecule has 26 heavy (non-hydrogen) atoms. The molecule has 0 aliphatic heterocycles. The Kier molecular flexibility index (Phi) is 3.55. The molecule has 10 heteroatoms. The van der Waals surface area contributed by atoms with Gasteiger partial charge in [0.2, 0.25) is 21.8 Å². The molecule has 2 heterocycles. The molecular weight excluding hydrogens is 366 g/mol. The first-order chi connectivity index (χ1) is 12.0. The molecule has 2 aliphatic rings. The molecule has 0 amide bonds. The van der Waals surface area contributed by atoms with Gasteiger partial charge in [-0.3, -0.25) is 4.98 Å². The molecule has 2 N–H and O–H groups in total. The van der Waals surface area contributed by atoms with Crippen LogP contribution in [0.15, 0.2) is 27.7 Å². The minimum absolute atomic E-state index is 0.0341. The second-order valence-electron chi connectivity index (χ2n) is 7.69. The summed E-state index contributed by atoms with van der Waals surface area (Å²) in [6.07, 6.45) is 0.728. The number of aromatic nitrogens is 3. The van der Waals surface area contributed by atoms with Crippen LogP contribution in [0.25, 0.3) is 0 Å². The van der Waals surface area contributed by atoms with Gasteiger partial charge in [-0.25, -0.2) is 22.3 Å². The largest absolute Gasteiger partial charge is 0.339 e. The van der Waals surface area contributed by atoms with Gasteiger partial charge in [0.25, 0.3) is 0 Å². The number of pyridine rings is 1. The molecule has 0 bridgehead atoms. The zero-order valence-electron chi connectivity index (χ0n) is 14.2. The lowest BCUT2D eigenvalue weighted by atomic mass is 9.81. The third-order valence-corrected chi connectivity index (χ3v) is 6.31. The van der Waals surface area contributed by atoms with Crippen molar-refractivity contribution in [2.24, 2.45) is 10.6 Å². The molecule has 0 unspecified atom stereocenters. The Morgan fingerprint density at radius 1 is 1.23 bits per heavy atom. The van der Waals surface area contributed by atoms with Crippen molar-refractivity contribution in [3.8, 4) is 0 Å². The smallest absolute Gasteiger partial charge is 0.249 e. The van der Waals surface area contributed by atoms with E-state index < -0.39 is 15.9 Å². The van der Waals surface area contributed by atoms with Gasteiger partial charge in [-0.15, -0.1) is 0 Å². The van der Waals surface area contributed by atoms with E-state index in [1.165, 1.54) is 12.3 Å². The van der Waals surface area contributed by atoms with Crippen LogP contribution < -0.4 is 5.14 Å². The maximum atomic E-state index is 13.0. The summed E-state index contributed by atoms with van der Waals surface area (Å²) >= 11 is 0. The van der Waals surface area contributed by atoms with Crippen LogP contribution in [0.4, 0.5) is 8.78 Å². The van der Waals surface area contributed by atoms with Gasteiger partial charge in [0, 0.05) is 36.6 Å². The molecule has 140 valence electrons. The molecule has 0 saturated heterocycles. The second-order valence-corrected chi connectivity index (χ2v) is 9.25. The van der Waals surface area contributed by atoms with Gasteiger partial charge in [-0.2, -0.15) is 4.98 Å². The number of nitrogens with zero attached hydrogens (tertiary/aromatic N) is 3. The number of alkyl halides is 2. The topological polar surface area (TPSA) is 112 Å². The summed E-state index contributed by atoms with van der Waals surface area (Å²) in [5, 5.41) is 8.95. The lowest BCUT2D eigenvalue weighted by Crippen LogP contribution is -2.34. The van der Waals surface area contributed by atoms with E-state index in [0.29, 0.717) is 17.4 Å². The van der Waals surface area contributed by atoms with Crippen LogP contribution in [0.3, 0.4) is 0 Å². The normalized spacial score (nSPS) is 27.1. The highest BCUT2D eigenvalue weighted by molar-refractivity contribution is 7.89. The van der Waals surface area contributed by atoms with Gasteiger partial charge >= 0.3 is 0 Å². The minimum Gasteiger partial charge on any atom is -0.339 e. The monoisotopic (exact) mass is 384 g/mol. The molecule has 0 radical (unpaired) electrons. The number of halogens is 2. The molecule has 2 saturated carbocycles.